The number of benzene rings is 4. The first kappa shape index (κ1) is 19.3. The van der Waals surface area contributed by atoms with Crippen LogP contribution in [0.3, 0.4) is 0 Å². The molecule has 32 heavy (non-hydrogen) atoms. The van der Waals surface area contributed by atoms with Crippen molar-refractivity contribution in [1.82, 2.24) is 5.01 Å². The highest BCUT2D eigenvalue weighted by atomic mass is 79.9. The van der Waals surface area contributed by atoms with Gasteiger partial charge in [0.25, 0.3) is 0 Å². The number of rotatable bonds is 3. The molecule has 0 N–H and O–H groups in total. The van der Waals surface area contributed by atoms with E-state index in [9.17, 15) is 0 Å². The molecule has 0 unspecified atom stereocenters. The van der Waals surface area contributed by atoms with Gasteiger partial charge in [-0.05, 0) is 34.9 Å². The monoisotopic (exact) mass is 480 g/mol. The van der Waals surface area contributed by atoms with Crippen molar-refractivity contribution in [2.45, 2.75) is 18.7 Å². The van der Waals surface area contributed by atoms with Gasteiger partial charge in [0.05, 0.1) is 11.8 Å². The Bertz CT molecular complexity index is 1280. The van der Waals surface area contributed by atoms with E-state index >= 15 is 0 Å². The fourth-order valence-electron chi connectivity index (χ4n) is 4.54. The van der Waals surface area contributed by atoms with Crippen molar-refractivity contribution < 1.29 is 4.74 Å². The first-order valence-corrected chi connectivity index (χ1v) is 11.6. The SMILES string of the molecule is Brc1ccc([C@@H]2Oc3ccccc3[C@H]3CC(c4ccc(-c5ccccc5)cc4)=NN32)cc1. The summed E-state index contributed by atoms with van der Waals surface area (Å²) in [7, 11) is 0. The maximum absolute atomic E-state index is 6.44. The van der Waals surface area contributed by atoms with E-state index in [1.165, 1.54) is 16.7 Å². The van der Waals surface area contributed by atoms with Crippen LogP contribution in [0.25, 0.3) is 11.1 Å². The Morgan fingerprint density at radius 3 is 2.16 bits per heavy atom. The van der Waals surface area contributed by atoms with Crippen LogP contribution in [0, 0.1) is 0 Å². The minimum absolute atomic E-state index is 0.164. The van der Waals surface area contributed by atoms with Gasteiger partial charge in [0.1, 0.15) is 5.75 Å². The van der Waals surface area contributed by atoms with Crippen LogP contribution in [0.4, 0.5) is 0 Å². The molecule has 6 rings (SSSR count). The van der Waals surface area contributed by atoms with Crippen LogP contribution in [0.5, 0.6) is 5.75 Å². The lowest BCUT2D eigenvalue weighted by atomic mass is 9.95. The van der Waals surface area contributed by atoms with Gasteiger partial charge in [-0.3, -0.25) is 0 Å². The average Bonchev–Trinajstić information content (AvgIpc) is 3.31. The summed E-state index contributed by atoms with van der Waals surface area (Å²) in [4.78, 5) is 0. The molecule has 2 aliphatic heterocycles. The van der Waals surface area contributed by atoms with Gasteiger partial charge in [0.15, 0.2) is 0 Å². The lowest BCUT2D eigenvalue weighted by Crippen LogP contribution is -2.33. The lowest BCUT2D eigenvalue weighted by Gasteiger charge is -2.38. The zero-order chi connectivity index (χ0) is 21.5. The molecule has 4 heteroatoms. The Morgan fingerprint density at radius 1 is 0.719 bits per heavy atom. The van der Waals surface area contributed by atoms with E-state index in [0.717, 1.165) is 33.5 Å². The Kier molecular flexibility index (Phi) is 4.80. The second kappa shape index (κ2) is 7.95. The average molecular weight is 481 g/mol. The Balaban J connectivity index is 1.36. The minimum Gasteiger partial charge on any atom is -0.464 e. The summed E-state index contributed by atoms with van der Waals surface area (Å²) in [6.07, 6.45) is 0.613. The topological polar surface area (TPSA) is 24.8 Å². The highest BCUT2D eigenvalue weighted by Gasteiger charge is 2.40. The molecule has 156 valence electrons. The number of para-hydroxylation sites is 1. The number of fused-ring (bicyclic) bond motifs is 3. The zero-order valence-electron chi connectivity index (χ0n) is 17.4. The summed E-state index contributed by atoms with van der Waals surface area (Å²) in [5.41, 5.74) is 6.98. The van der Waals surface area contributed by atoms with Gasteiger partial charge in [-0.25, -0.2) is 5.01 Å². The standard InChI is InChI=1S/C28H21BrN2O/c29-23-16-14-22(15-17-23)28-31-26(24-8-4-5-9-27(24)32-28)18-25(30-31)21-12-10-20(11-13-21)19-6-2-1-3-7-19/h1-17,26,28H,18H2/t26-,28+/m1/s1. The molecular weight excluding hydrogens is 460 g/mol. The van der Waals surface area contributed by atoms with Gasteiger partial charge in [-0.2, -0.15) is 5.10 Å². The van der Waals surface area contributed by atoms with Crippen molar-refractivity contribution in [3.63, 3.8) is 0 Å². The predicted molar refractivity (Wildman–Crippen MR) is 132 cm³/mol. The normalized spacial score (nSPS) is 19.0. The molecule has 0 fully saturated rings. The maximum Gasteiger partial charge on any atom is 0.213 e. The van der Waals surface area contributed by atoms with E-state index in [-0.39, 0.29) is 12.3 Å². The largest absolute Gasteiger partial charge is 0.464 e. The third-order valence-corrected chi connectivity index (χ3v) is 6.71. The Morgan fingerprint density at radius 2 is 1.38 bits per heavy atom. The van der Waals surface area contributed by atoms with Gasteiger partial charge >= 0.3 is 0 Å². The van der Waals surface area contributed by atoms with E-state index in [1.807, 2.05) is 12.1 Å². The molecule has 0 aromatic heterocycles. The number of halogens is 1. The number of hydrazone groups is 1. The van der Waals surface area contributed by atoms with Gasteiger partial charge in [0.2, 0.25) is 6.23 Å². The molecule has 4 aromatic rings. The van der Waals surface area contributed by atoms with Gasteiger partial charge < -0.3 is 4.74 Å². The first-order valence-electron chi connectivity index (χ1n) is 10.8. The van der Waals surface area contributed by atoms with E-state index in [0.29, 0.717) is 0 Å². The van der Waals surface area contributed by atoms with Crippen molar-refractivity contribution >= 4 is 21.6 Å². The molecule has 0 amide bonds. The molecule has 0 saturated carbocycles. The van der Waals surface area contributed by atoms with Crippen molar-refractivity contribution in [1.29, 1.82) is 0 Å². The molecule has 2 aliphatic rings. The van der Waals surface area contributed by atoms with E-state index in [1.54, 1.807) is 0 Å². The molecule has 0 radical (unpaired) electrons. The molecule has 4 aromatic carbocycles. The number of hydrogen-bond donors (Lipinski definition) is 0. The second-order valence-corrected chi connectivity index (χ2v) is 9.07. The van der Waals surface area contributed by atoms with Gasteiger partial charge in [0, 0.05) is 22.0 Å². The van der Waals surface area contributed by atoms with E-state index in [2.05, 4.69) is 112 Å². The van der Waals surface area contributed by atoms with Gasteiger partial charge in [-0.1, -0.05) is 101 Å². The fraction of sp³-hybridized carbons (Fsp3) is 0.107. The fourth-order valence-corrected chi connectivity index (χ4v) is 4.81. The molecule has 2 atom stereocenters. The molecule has 2 heterocycles. The molecule has 0 spiro atoms. The quantitative estimate of drug-likeness (QED) is 0.306. The third-order valence-electron chi connectivity index (χ3n) is 6.18. The molecule has 0 bridgehead atoms. The third kappa shape index (κ3) is 3.41. The highest BCUT2D eigenvalue weighted by molar-refractivity contribution is 9.10. The summed E-state index contributed by atoms with van der Waals surface area (Å²) in [5, 5.41) is 7.21. The first-order chi connectivity index (χ1) is 15.8. The predicted octanol–water partition coefficient (Wildman–Crippen LogP) is 7.36. The molecule has 3 nitrogen and oxygen atoms in total. The number of nitrogens with zero attached hydrogens (tertiary/aromatic N) is 2. The van der Waals surface area contributed by atoms with Crippen molar-refractivity contribution in [2.24, 2.45) is 5.10 Å². The Hall–Kier alpha value is -3.37. The number of ether oxygens (including phenoxy) is 1. The van der Waals surface area contributed by atoms with Crippen LogP contribution >= 0.6 is 15.9 Å². The lowest BCUT2D eigenvalue weighted by molar-refractivity contribution is -0.0190. The minimum atomic E-state index is -0.246. The summed E-state index contributed by atoms with van der Waals surface area (Å²) < 4.78 is 7.49. The van der Waals surface area contributed by atoms with Crippen LogP contribution in [-0.4, -0.2) is 10.7 Å². The van der Waals surface area contributed by atoms with Crippen LogP contribution < -0.4 is 4.74 Å². The van der Waals surface area contributed by atoms with Crippen LogP contribution in [0.2, 0.25) is 0 Å². The zero-order valence-corrected chi connectivity index (χ0v) is 18.9. The van der Waals surface area contributed by atoms with Crippen molar-refractivity contribution in [2.75, 3.05) is 0 Å². The maximum atomic E-state index is 6.44. The smallest absolute Gasteiger partial charge is 0.213 e. The summed E-state index contributed by atoms with van der Waals surface area (Å²) in [5.74, 6) is 0.942. The van der Waals surface area contributed by atoms with Crippen molar-refractivity contribution in [3.05, 3.63) is 124 Å². The van der Waals surface area contributed by atoms with Crippen LogP contribution in [-0.2, 0) is 0 Å². The summed E-state index contributed by atoms with van der Waals surface area (Å²) in [6.45, 7) is 0. The van der Waals surface area contributed by atoms with Gasteiger partial charge in [-0.15, -0.1) is 0 Å². The van der Waals surface area contributed by atoms with Crippen LogP contribution in [0.15, 0.2) is 113 Å². The number of hydrogen-bond acceptors (Lipinski definition) is 3. The van der Waals surface area contributed by atoms with E-state index < -0.39 is 0 Å². The molecule has 0 aliphatic carbocycles. The van der Waals surface area contributed by atoms with Crippen molar-refractivity contribution in [3.8, 4) is 16.9 Å². The second-order valence-electron chi connectivity index (χ2n) is 8.15. The van der Waals surface area contributed by atoms with Crippen LogP contribution in [0.1, 0.15) is 35.4 Å². The summed E-state index contributed by atoms with van der Waals surface area (Å²) >= 11 is 3.53. The van der Waals surface area contributed by atoms with E-state index in [4.69, 9.17) is 9.84 Å². The Labute approximate surface area is 196 Å². The summed E-state index contributed by atoms with van der Waals surface area (Å²) in [6, 6.07) is 36.0. The molecule has 0 saturated heterocycles. The molecular formula is C28H21BrN2O. The highest BCUT2D eigenvalue weighted by Crippen LogP contribution is 2.47.